The minimum Gasteiger partial charge on any atom is -0.354 e. The van der Waals surface area contributed by atoms with Gasteiger partial charge in [0.15, 0.2) is 0 Å². The molecule has 4 heteroatoms. The maximum Gasteiger partial charge on any atom is 0.224 e. The van der Waals surface area contributed by atoms with Crippen LogP contribution in [0.1, 0.15) is 12.5 Å². The summed E-state index contributed by atoms with van der Waals surface area (Å²) in [6.07, 6.45) is 0.400. The second-order valence-corrected chi connectivity index (χ2v) is 5.05. The lowest BCUT2D eigenvalue weighted by Gasteiger charge is -2.06. The Hall–Kier alpha value is -0.540. The fourth-order valence-electron chi connectivity index (χ4n) is 1.10. The zero-order valence-electron chi connectivity index (χ0n) is 8.47. The Labute approximate surface area is 103 Å². The third-order valence-electron chi connectivity index (χ3n) is 1.86. The van der Waals surface area contributed by atoms with Crippen LogP contribution in [-0.2, 0) is 11.2 Å². The van der Waals surface area contributed by atoms with Gasteiger partial charge in [-0.2, -0.15) is 0 Å². The van der Waals surface area contributed by atoms with E-state index in [-0.39, 0.29) is 11.3 Å². The summed E-state index contributed by atoms with van der Waals surface area (Å²) in [5, 5.41) is 2.73. The molecule has 0 radical (unpaired) electrons. The van der Waals surface area contributed by atoms with Crippen LogP contribution in [0.4, 0.5) is 0 Å². The molecule has 0 aliphatic heterocycles. The number of carbonyl (C=O) groups is 1. The van der Waals surface area contributed by atoms with E-state index in [1.807, 2.05) is 31.2 Å². The molecule has 0 fully saturated rings. The van der Waals surface area contributed by atoms with Crippen LogP contribution in [0.25, 0.3) is 0 Å². The molecule has 0 aliphatic carbocycles. The zero-order valence-corrected chi connectivity index (χ0v) is 10.8. The Bertz CT molecular complexity index is 324. The normalized spacial score (nSPS) is 12.2. The first kappa shape index (κ1) is 12.5. The van der Waals surface area contributed by atoms with Crippen LogP contribution in [0, 0.1) is 0 Å². The fourth-order valence-corrected chi connectivity index (χ4v) is 1.45. The van der Waals surface area contributed by atoms with E-state index in [2.05, 4.69) is 21.2 Å². The fraction of sp³-hybridized carbons (Fsp3) is 0.364. The van der Waals surface area contributed by atoms with Crippen LogP contribution < -0.4 is 5.32 Å². The summed E-state index contributed by atoms with van der Waals surface area (Å²) in [7, 11) is 0. The molecule has 1 atom stereocenters. The van der Waals surface area contributed by atoms with Gasteiger partial charge in [-0.3, -0.25) is 4.79 Å². The highest BCUT2D eigenvalue weighted by Gasteiger charge is 2.04. The molecular weight excluding hydrogens is 277 g/mol. The van der Waals surface area contributed by atoms with Gasteiger partial charge in [0, 0.05) is 16.4 Å². The van der Waals surface area contributed by atoms with Gasteiger partial charge in [0.2, 0.25) is 5.91 Å². The van der Waals surface area contributed by atoms with Gasteiger partial charge in [-0.1, -0.05) is 28.1 Å². The first-order chi connectivity index (χ1) is 7.08. The van der Waals surface area contributed by atoms with Crippen LogP contribution in [-0.4, -0.2) is 17.8 Å². The largest absolute Gasteiger partial charge is 0.354 e. The third-order valence-corrected chi connectivity index (χ3v) is 2.54. The molecule has 0 aromatic heterocycles. The molecular formula is C11H13BrClNO. The monoisotopic (exact) mass is 289 g/mol. The molecule has 1 unspecified atom stereocenters. The van der Waals surface area contributed by atoms with Crippen molar-refractivity contribution in [3.05, 3.63) is 34.3 Å². The van der Waals surface area contributed by atoms with Crippen molar-refractivity contribution in [1.29, 1.82) is 0 Å². The Kier molecular flexibility index (Phi) is 5.12. The van der Waals surface area contributed by atoms with E-state index < -0.39 is 0 Å². The van der Waals surface area contributed by atoms with Crippen molar-refractivity contribution in [2.75, 3.05) is 6.54 Å². The lowest BCUT2D eigenvalue weighted by Crippen LogP contribution is -2.29. The highest BCUT2D eigenvalue weighted by Crippen LogP contribution is 2.10. The summed E-state index contributed by atoms with van der Waals surface area (Å²) in [4.78, 5) is 11.4. The molecule has 0 spiro atoms. The molecule has 1 rings (SSSR count). The van der Waals surface area contributed by atoms with Gasteiger partial charge in [-0.05, 0) is 24.6 Å². The van der Waals surface area contributed by atoms with Crippen LogP contribution in [0.3, 0.4) is 0 Å². The average Bonchev–Trinajstić information content (AvgIpc) is 2.19. The summed E-state index contributed by atoms with van der Waals surface area (Å²) in [6.45, 7) is 2.36. The number of nitrogens with one attached hydrogen (secondary N) is 1. The van der Waals surface area contributed by atoms with Crippen molar-refractivity contribution in [2.45, 2.75) is 18.7 Å². The maximum atomic E-state index is 11.4. The first-order valence-electron chi connectivity index (χ1n) is 4.73. The quantitative estimate of drug-likeness (QED) is 0.849. The average molecular weight is 291 g/mol. The van der Waals surface area contributed by atoms with Crippen LogP contribution in [0.5, 0.6) is 0 Å². The Morgan fingerprint density at radius 2 is 2.07 bits per heavy atom. The molecule has 2 nitrogen and oxygen atoms in total. The number of carbonyl (C=O) groups excluding carboxylic acids is 1. The molecule has 1 N–H and O–H groups in total. The molecule has 0 bridgehead atoms. The smallest absolute Gasteiger partial charge is 0.224 e. The molecule has 82 valence electrons. The summed E-state index contributed by atoms with van der Waals surface area (Å²) < 4.78 is 1.01. The van der Waals surface area contributed by atoms with Crippen LogP contribution >= 0.6 is 27.5 Å². The molecule has 0 aliphatic rings. The molecule has 0 heterocycles. The predicted molar refractivity (Wildman–Crippen MR) is 66.2 cm³/mol. The minimum absolute atomic E-state index is 0.00447. The Morgan fingerprint density at radius 3 is 2.60 bits per heavy atom. The summed E-state index contributed by atoms with van der Waals surface area (Å²) in [6, 6.07) is 7.70. The second kappa shape index (κ2) is 6.13. The van der Waals surface area contributed by atoms with Crippen molar-refractivity contribution in [3.8, 4) is 0 Å². The summed E-state index contributed by atoms with van der Waals surface area (Å²) in [5.41, 5.74) is 0.998. The van der Waals surface area contributed by atoms with Gasteiger partial charge >= 0.3 is 0 Å². The molecule has 1 amide bonds. The third kappa shape index (κ3) is 5.19. The van der Waals surface area contributed by atoms with Crippen molar-refractivity contribution in [1.82, 2.24) is 5.32 Å². The van der Waals surface area contributed by atoms with Gasteiger partial charge in [0.1, 0.15) is 0 Å². The Balaban J connectivity index is 2.41. The highest BCUT2D eigenvalue weighted by atomic mass is 79.9. The lowest BCUT2D eigenvalue weighted by atomic mass is 10.1. The van der Waals surface area contributed by atoms with E-state index in [0.29, 0.717) is 13.0 Å². The number of hydrogen-bond acceptors (Lipinski definition) is 1. The highest BCUT2D eigenvalue weighted by molar-refractivity contribution is 9.10. The molecule has 1 aromatic carbocycles. The number of rotatable bonds is 4. The van der Waals surface area contributed by atoms with E-state index >= 15 is 0 Å². The minimum atomic E-state index is -0.0288. The van der Waals surface area contributed by atoms with Crippen molar-refractivity contribution in [2.24, 2.45) is 0 Å². The number of hydrogen-bond donors (Lipinski definition) is 1. The van der Waals surface area contributed by atoms with Gasteiger partial charge in [-0.25, -0.2) is 0 Å². The Morgan fingerprint density at radius 1 is 1.47 bits per heavy atom. The summed E-state index contributed by atoms with van der Waals surface area (Å²) >= 11 is 9.07. The molecule has 15 heavy (non-hydrogen) atoms. The van der Waals surface area contributed by atoms with Crippen LogP contribution in [0.15, 0.2) is 28.7 Å². The summed E-state index contributed by atoms with van der Waals surface area (Å²) in [5.74, 6) is 0.00447. The van der Waals surface area contributed by atoms with E-state index in [1.165, 1.54) is 0 Å². The van der Waals surface area contributed by atoms with Crippen LogP contribution in [0.2, 0.25) is 0 Å². The SMILES string of the molecule is CC(Cl)CNC(=O)Cc1ccc(Br)cc1. The van der Waals surface area contributed by atoms with Crippen molar-refractivity contribution >= 4 is 33.4 Å². The van der Waals surface area contributed by atoms with Gasteiger partial charge in [-0.15, -0.1) is 11.6 Å². The molecule has 0 saturated carbocycles. The number of alkyl halides is 1. The predicted octanol–water partition coefficient (Wildman–Crippen LogP) is 2.74. The number of amides is 1. The van der Waals surface area contributed by atoms with Gasteiger partial charge in [0.25, 0.3) is 0 Å². The second-order valence-electron chi connectivity index (χ2n) is 3.39. The van der Waals surface area contributed by atoms with E-state index in [9.17, 15) is 4.79 Å². The maximum absolute atomic E-state index is 11.4. The number of benzene rings is 1. The van der Waals surface area contributed by atoms with Crippen molar-refractivity contribution in [3.63, 3.8) is 0 Å². The van der Waals surface area contributed by atoms with Gasteiger partial charge in [0.05, 0.1) is 6.42 Å². The topological polar surface area (TPSA) is 29.1 Å². The number of halogens is 2. The first-order valence-corrected chi connectivity index (χ1v) is 5.96. The van der Waals surface area contributed by atoms with Gasteiger partial charge < -0.3 is 5.32 Å². The standard InChI is InChI=1S/C11H13BrClNO/c1-8(13)7-14-11(15)6-9-2-4-10(12)5-3-9/h2-5,8H,6-7H2,1H3,(H,14,15). The van der Waals surface area contributed by atoms with E-state index in [1.54, 1.807) is 0 Å². The molecule has 1 aromatic rings. The van der Waals surface area contributed by atoms with E-state index in [0.717, 1.165) is 10.0 Å². The molecule has 0 saturated heterocycles. The lowest BCUT2D eigenvalue weighted by molar-refractivity contribution is -0.120. The van der Waals surface area contributed by atoms with Crippen molar-refractivity contribution < 1.29 is 4.79 Å². The van der Waals surface area contributed by atoms with E-state index in [4.69, 9.17) is 11.6 Å². The zero-order chi connectivity index (χ0) is 11.3.